The number of aryl methyl sites for hydroxylation is 2. The molecule has 0 amide bonds. The van der Waals surface area contributed by atoms with Gasteiger partial charge in [0.1, 0.15) is 11.5 Å². The summed E-state index contributed by atoms with van der Waals surface area (Å²) in [6.07, 6.45) is 0. The number of aromatic nitrogens is 2. The van der Waals surface area contributed by atoms with E-state index in [1.807, 2.05) is 0 Å². The largest absolute Gasteiger partial charge is 0.348 e. The molecule has 1 aromatic heterocycles. The van der Waals surface area contributed by atoms with Crippen molar-refractivity contribution in [3.8, 4) is 0 Å². The van der Waals surface area contributed by atoms with Crippen molar-refractivity contribution in [2.75, 3.05) is 31.1 Å². The Morgan fingerprint density at radius 2 is 1.88 bits per heavy atom. The molecule has 0 radical (unpaired) electrons. The van der Waals surface area contributed by atoms with Crippen molar-refractivity contribution >= 4 is 21.5 Å². The van der Waals surface area contributed by atoms with Gasteiger partial charge < -0.3 is 4.90 Å². The van der Waals surface area contributed by atoms with E-state index in [1.54, 1.807) is 18.9 Å². The van der Waals surface area contributed by atoms with Crippen LogP contribution in [0.5, 0.6) is 0 Å². The predicted octanol–water partition coefficient (Wildman–Crippen LogP) is 1.29. The van der Waals surface area contributed by atoms with Crippen molar-refractivity contribution in [1.29, 1.82) is 0 Å². The first-order chi connectivity index (χ1) is 12.2. The van der Waals surface area contributed by atoms with Gasteiger partial charge in [0.25, 0.3) is 0 Å². The highest BCUT2D eigenvalue weighted by Gasteiger charge is 2.34. The van der Waals surface area contributed by atoms with Gasteiger partial charge in [-0.05, 0) is 25.1 Å². The maximum atomic E-state index is 13.4. The molecule has 140 valence electrons. The van der Waals surface area contributed by atoms with Gasteiger partial charge in [-0.15, -0.1) is 0 Å². The minimum Gasteiger partial charge on any atom is -0.348 e. The first-order valence-corrected chi connectivity index (χ1v) is 9.34. The summed E-state index contributed by atoms with van der Waals surface area (Å²) in [6, 6.07) is 4.86. The maximum absolute atomic E-state index is 13.4. The lowest BCUT2D eigenvalue weighted by molar-refractivity contribution is -0.384. The van der Waals surface area contributed by atoms with E-state index >= 15 is 0 Å². The van der Waals surface area contributed by atoms with E-state index in [-0.39, 0.29) is 36.8 Å². The molecule has 1 fully saturated rings. The number of anilines is 1. The molecule has 11 heteroatoms. The van der Waals surface area contributed by atoms with E-state index in [2.05, 4.69) is 5.10 Å². The van der Waals surface area contributed by atoms with Crippen molar-refractivity contribution in [2.45, 2.75) is 11.8 Å². The summed E-state index contributed by atoms with van der Waals surface area (Å²) in [6.45, 7) is 2.38. The Kier molecular flexibility index (Phi) is 4.67. The molecule has 0 bridgehead atoms. The zero-order valence-electron chi connectivity index (χ0n) is 14.3. The monoisotopic (exact) mass is 383 g/mol. The van der Waals surface area contributed by atoms with Crippen molar-refractivity contribution in [2.24, 2.45) is 7.05 Å². The smallest absolute Gasteiger partial charge is 0.333 e. The number of hydrogen-bond donors (Lipinski definition) is 0. The number of rotatable bonds is 4. The van der Waals surface area contributed by atoms with Crippen molar-refractivity contribution in [3.05, 3.63) is 45.9 Å². The van der Waals surface area contributed by atoms with Crippen LogP contribution < -0.4 is 4.90 Å². The summed E-state index contributed by atoms with van der Waals surface area (Å²) in [4.78, 5) is 12.5. The van der Waals surface area contributed by atoms with E-state index in [4.69, 9.17) is 0 Å². The molecule has 1 saturated heterocycles. The SMILES string of the molecule is Cc1nn(C)c(N2CCN(S(=O)(=O)c3cccc(F)c3)CC2)c1[N+](=O)[O-]. The summed E-state index contributed by atoms with van der Waals surface area (Å²) in [5.74, 6) is -0.263. The average Bonchev–Trinajstić information content (AvgIpc) is 2.89. The van der Waals surface area contributed by atoms with Crippen molar-refractivity contribution in [1.82, 2.24) is 14.1 Å². The lowest BCUT2D eigenvalue weighted by Gasteiger charge is -2.34. The Morgan fingerprint density at radius 3 is 2.46 bits per heavy atom. The normalized spacial score (nSPS) is 16.0. The lowest BCUT2D eigenvalue weighted by Crippen LogP contribution is -2.49. The van der Waals surface area contributed by atoms with Crippen molar-refractivity contribution < 1.29 is 17.7 Å². The molecule has 1 aliphatic heterocycles. The van der Waals surface area contributed by atoms with Gasteiger partial charge in [0, 0.05) is 33.2 Å². The highest BCUT2D eigenvalue weighted by molar-refractivity contribution is 7.89. The Bertz CT molecular complexity index is 951. The minimum atomic E-state index is -3.81. The van der Waals surface area contributed by atoms with Gasteiger partial charge in [0.05, 0.1) is 9.82 Å². The predicted molar refractivity (Wildman–Crippen MR) is 92.0 cm³/mol. The van der Waals surface area contributed by atoms with E-state index in [0.29, 0.717) is 11.5 Å². The highest BCUT2D eigenvalue weighted by atomic mass is 32.2. The van der Waals surface area contributed by atoms with Crippen LogP contribution in [0, 0.1) is 22.9 Å². The summed E-state index contributed by atoms with van der Waals surface area (Å²) in [7, 11) is -2.19. The molecule has 1 aliphatic rings. The molecule has 0 saturated carbocycles. The van der Waals surface area contributed by atoms with Crippen LogP contribution in [0.2, 0.25) is 0 Å². The van der Waals surface area contributed by atoms with Crippen LogP contribution in [0.4, 0.5) is 15.9 Å². The zero-order chi connectivity index (χ0) is 19.1. The molecule has 1 aromatic carbocycles. The number of benzene rings is 1. The van der Waals surface area contributed by atoms with E-state index in [1.165, 1.54) is 27.2 Å². The Labute approximate surface area is 149 Å². The second kappa shape index (κ2) is 6.65. The summed E-state index contributed by atoms with van der Waals surface area (Å²) >= 11 is 0. The number of nitro groups is 1. The number of hydrogen-bond acceptors (Lipinski definition) is 6. The van der Waals surface area contributed by atoms with Crippen molar-refractivity contribution in [3.63, 3.8) is 0 Å². The third-order valence-corrected chi connectivity index (χ3v) is 6.21. The second-order valence-corrected chi connectivity index (χ2v) is 7.92. The molecule has 0 spiro atoms. The summed E-state index contributed by atoms with van der Waals surface area (Å²) < 4.78 is 41.3. The number of sulfonamides is 1. The topological polar surface area (TPSA) is 102 Å². The van der Waals surface area contributed by atoms with Gasteiger partial charge in [-0.3, -0.25) is 10.1 Å². The minimum absolute atomic E-state index is 0.0751. The number of piperazine rings is 1. The average molecular weight is 383 g/mol. The molecule has 26 heavy (non-hydrogen) atoms. The van der Waals surface area contributed by atoms with E-state index in [9.17, 15) is 22.9 Å². The van der Waals surface area contributed by atoms with Crippen LogP contribution in [0.15, 0.2) is 29.2 Å². The first kappa shape index (κ1) is 18.3. The fourth-order valence-corrected chi connectivity index (χ4v) is 4.57. The molecule has 0 aliphatic carbocycles. The van der Waals surface area contributed by atoms with Crippen LogP contribution >= 0.6 is 0 Å². The van der Waals surface area contributed by atoms with E-state index < -0.39 is 20.8 Å². The molecule has 2 aromatic rings. The number of nitrogens with zero attached hydrogens (tertiary/aromatic N) is 5. The van der Waals surface area contributed by atoms with Gasteiger partial charge in [0.15, 0.2) is 0 Å². The second-order valence-electron chi connectivity index (χ2n) is 5.99. The van der Waals surface area contributed by atoms with E-state index in [0.717, 1.165) is 6.07 Å². The third kappa shape index (κ3) is 3.15. The Balaban J connectivity index is 1.81. The van der Waals surface area contributed by atoms with Crippen LogP contribution in [0.3, 0.4) is 0 Å². The standard InChI is InChI=1S/C15H18FN5O4S/c1-11-14(21(22)23)15(18(2)17-11)19-6-8-20(9-7-19)26(24,25)13-5-3-4-12(16)10-13/h3-5,10H,6-9H2,1-2H3. The highest BCUT2D eigenvalue weighted by Crippen LogP contribution is 2.32. The van der Waals surface area contributed by atoms with Crippen LogP contribution in [0.1, 0.15) is 5.69 Å². The first-order valence-electron chi connectivity index (χ1n) is 7.90. The molecule has 0 N–H and O–H groups in total. The van der Waals surface area contributed by atoms with Crippen LogP contribution in [-0.4, -0.2) is 53.6 Å². The quantitative estimate of drug-likeness (QED) is 0.582. The molecule has 3 rings (SSSR count). The number of halogens is 1. The maximum Gasteiger partial charge on any atom is 0.333 e. The molecule has 0 unspecified atom stereocenters. The summed E-state index contributed by atoms with van der Waals surface area (Å²) in [5, 5.41) is 15.4. The van der Waals surface area contributed by atoms with Gasteiger partial charge in [-0.1, -0.05) is 6.07 Å². The van der Waals surface area contributed by atoms with Gasteiger partial charge >= 0.3 is 5.69 Å². The van der Waals surface area contributed by atoms with Gasteiger partial charge in [0.2, 0.25) is 15.8 Å². The van der Waals surface area contributed by atoms with Gasteiger partial charge in [-0.2, -0.15) is 9.40 Å². The third-order valence-electron chi connectivity index (χ3n) is 4.32. The molecule has 2 heterocycles. The lowest BCUT2D eigenvalue weighted by atomic mass is 10.3. The molecule has 9 nitrogen and oxygen atoms in total. The van der Waals surface area contributed by atoms with Gasteiger partial charge in [-0.25, -0.2) is 17.5 Å². The molecular formula is C15H18FN5O4S. The molecule has 0 atom stereocenters. The molecular weight excluding hydrogens is 365 g/mol. The zero-order valence-corrected chi connectivity index (χ0v) is 15.1. The fraction of sp³-hybridized carbons (Fsp3) is 0.400. The Morgan fingerprint density at radius 1 is 1.23 bits per heavy atom. The van der Waals surface area contributed by atoms with Crippen LogP contribution in [0.25, 0.3) is 0 Å². The Hall–Kier alpha value is -2.53. The fourth-order valence-electron chi connectivity index (χ4n) is 3.12. The summed E-state index contributed by atoms with van der Waals surface area (Å²) in [5.41, 5.74) is 0.233. The van der Waals surface area contributed by atoms with Crippen LogP contribution in [-0.2, 0) is 17.1 Å².